The Morgan fingerprint density at radius 1 is 1.60 bits per heavy atom. The first-order chi connectivity index (χ1) is 7.24. The van der Waals surface area contributed by atoms with Crippen LogP contribution >= 0.6 is 27.3 Å². The maximum Gasteiger partial charge on any atom is 0.274 e. The number of aromatic nitrogens is 1. The highest BCUT2D eigenvalue weighted by molar-refractivity contribution is 9.10. The summed E-state index contributed by atoms with van der Waals surface area (Å²) in [6, 6.07) is 0. The average Bonchev–Trinajstić information content (AvgIpc) is 2.62. The maximum atomic E-state index is 5.69. The van der Waals surface area contributed by atoms with Crippen LogP contribution in [0.1, 0.15) is 32.6 Å². The van der Waals surface area contributed by atoms with Crippen LogP contribution in [0, 0.1) is 11.8 Å². The number of rotatable bonds is 3. The average molecular weight is 290 g/mol. The van der Waals surface area contributed by atoms with E-state index in [4.69, 9.17) is 4.74 Å². The van der Waals surface area contributed by atoms with E-state index in [-0.39, 0.29) is 0 Å². The monoisotopic (exact) mass is 289 g/mol. The third-order valence-corrected chi connectivity index (χ3v) is 4.40. The maximum absolute atomic E-state index is 5.69. The van der Waals surface area contributed by atoms with Crippen LogP contribution in [0.3, 0.4) is 0 Å². The van der Waals surface area contributed by atoms with E-state index in [1.807, 2.05) is 5.38 Å². The van der Waals surface area contributed by atoms with Crippen molar-refractivity contribution in [3.63, 3.8) is 0 Å². The molecule has 0 aliphatic heterocycles. The first-order valence-corrected chi connectivity index (χ1v) is 7.15. The summed E-state index contributed by atoms with van der Waals surface area (Å²) >= 11 is 4.89. The van der Waals surface area contributed by atoms with Crippen LogP contribution in [-0.2, 0) is 0 Å². The molecule has 2 nitrogen and oxygen atoms in total. The Hall–Kier alpha value is -0.0900. The molecular weight excluding hydrogens is 274 g/mol. The first kappa shape index (κ1) is 11.4. The summed E-state index contributed by atoms with van der Waals surface area (Å²) in [4.78, 5) is 4.23. The van der Waals surface area contributed by atoms with Crippen LogP contribution in [0.15, 0.2) is 9.98 Å². The predicted octanol–water partition coefficient (Wildman–Crippen LogP) is 4.11. The number of hydrogen-bond acceptors (Lipinski definition) is 3. The van der Waals surface area contributed by atoms with Crippen molar-refractivity contribution in [3.8, 4) is 5.19 Å². The van der Waals surface area contributed by atoms with E-state index in [9.17, 15) is 0 Å². The third kappa shape index (κ3) is 3.45. The normalized spacial score (nSPS) is 26.5. The van der Waals surface area contributed by atoms with Crippen LogP contribution in [0.25, 0.3) is 0 Å². The molecule has 0 radical (unpaired) electrons. The lowest BCUT2D eigenvalue weighted by Gasteiger charge is -2.25. The quantitative estimate of drug-likeness (QED) is 0.835. The van der Waals surface area contributed by atoms with Gasteiger partial charge in [-0.3, -0.25) is 0 Å². The second-order valence-electron chi connectivity index (χ2n) is 4.38. The van der Waals surface area contributed by atoms with Crippen molar-refractivity contribution in [2.75, 3.05) is 6.61 Å². The molecule has 4 heteroatoms. The van der Waals surface area contributed by atoms with Crippen molar-refractivity contribution in [1.82, 2.24) is 4.98 Å². The van der Waals surface area contributed by atoms with Gasteiger partial charge in [0.2, 0.25) is 0 Å². The molecule has 1 aromatic heterocycles. The Balaban J connectivity index is 1.77. The molecule has 0 spiro atoms. The van der Waals surface area contributed by atoms with Crippen LogP contribution in [0.2, 0.25) is 0 Å². The number of hydrogen-bond donors (Lipinski definition) is 0. The predicted molar refractivity (Wildman–Crippen MR) is 66.4 cm³/mol. The van der Waals surface area contributed by atoms with Crippen molar-refractivity contribution in [2.45, 2.75) is 32.6 Å². The van der Waals surface area contributed by atoms with E-state index in [1.165, 1.54) is 25.7 Å². The van der Waals surface area contributed by atoms with Gasteiger partial charge in [-0.25, -0.2) is 0 Å². The second kappa shape index (κ2) is 5.30. The van der Waals surface area contributed by atoms with Gasteiger partial charge < -0.3 is 4.74 Å². The van der Waals surface area contributed by atoms with E-state index < -0.39 is 0 Å². The summed E-state index contributed by atoms with van der Waals surface area (Å²) in [5, 5.41) is 2.75. The molecule has 1 aliphatic carbocycles. The number of halogens is 1. The van der Waals surface area contributed by atoms with E-state index in [0.717, 1.165) is 28.2 Å². The summed E-state index contributed by atoms with van der Waals surface area (Å²) < 4.78 is 6.57. The van der Waals surface area contributed by atoms with Crippen LogP contribution in [0.4, 0.5) is 0 Å². The zero-order valence-corrected chi connectivity index (χ0v) is 11.3. The molecule has 15 heavy (non-hydrogen) atoms. The van der Waals surface area contributed by atoms with Gasteiger partial charge in [-0.15, -0.1) is 0 Å². The molecule has 2 rings (SSSR count). The summed E-state index contributed by atoms with van der Waals surface area (Å²) in [7, 11) is 0. The van der Waals surface area contributed by atoms with E-state index >= 15 is 0 Å². The van der Waals surface area contributed by atoms with E-state index in [0.29, 0.717) is 0 Å². The highest BCUT2D eigenvalue weighted by Gasteiger charge is 2.19. The summed E-state index contributed by atoms with van der Waals surface area (Å²) in [6.07, 6.45) is 5.37. The highest BCUT2D eigenvalue weighted by Crippen LogP contribution is 2.30. The van der Waals surface area contributed by atoms with Gasteiger partial charge in [0.15, 0.2) is 0 Å². The molecule has 2 unspecified atom stereocenters. The fraction of sp³-hybridized carbons (Fsp3) is 0.727. The molecule has 0 amide bonds. The second-order valence-corrected chi connectivity index (χ2v) is 6.02. The molecule has 0 N–H and O–H groups in total. The van der Waals surface area contributed by atoms with Gasteiger partial charge in [0.1, 0.15) is 4.60 Å². The topological polar surface area (TPSA) is 22.1 Å². The summed E-state index contributed by atoms with van der Waals surface area (Å²) in [6.45, 7) is 3.18. The Labute approximate surface area is 103 Å². The molecule has 2 atom stereocenters. The Morgan fingerprint density at radius 3 is 3.13 bits per heavy atom. The molecule has 0 aromatic carbocycles. The van der Waals surface area contributed by atoms with Crippen molar-refractivity contribution < 1.29 is 4.74 Å². The summed E-state index contributed by atoms with van der Waals surface area (Å²) in [5.74, 6) is 1.60. The molecule has 0 bridgehead atoms. The molecule has 1 saturated carbocycles. The Morgan fingerprint density at radius 2 is 2.47 bits per heavy atom. The zero-order chi connectivity index (χ0) is 10.7. The van der Waals surface area contributed by atoms with Crippen molar-refractivity contribution in [1.29, 1.82) is 0 Å². The smallest absolute Gasteiger partial charge is 0.274 e. The van der Waals surface area contributed by atoms with Gasteiger partial charge in [-0.2, -0.15) is 4.98 Å². The molecule has 84 valence electrons. The molecular formula is C11H16BrNOS. The van der Waals surface area contributed by atoms with Crippen molar-refractivity contribution >= 4 is 27.3 Å². The standard InChI is InChI=1S/C11H16BrNOS/c1-8-3-2-4-9(5-8)6-14-11-13-10(12)7-15-11/h7-9H,2-6H2,1H3. The molecule has 0 saturated heterocycles. The minimum Gasteiger partial charge on any atom is -0.470 e. The van der Waals surface area contributed by atoms with E-state index in [2.05, 4.69) is 27.8 Å². The summed E-state index contributed by atoms with van der Waals surface area (Å²) in [5.41, 5.74) is 0. The Kier molecular flexibility index (Phi) is 4.03. The lowest BCUT2D eigenvalue weighted by Crippen LogP contribution is -2.19. The van der Waals surface area contributed by atoms with Crippen LogP contribution in [0.5, 0.6) is 5.19 Å². The van der Waals surface area contributed by atoms with Crippen molar-refractivity contribution in [3.05, 3.63) is 9.98 Å². The lowest BCUT2D eigenvalue weighted by molar-refractivity contribution is 0.181. The fourth-order valence-electron chi connectivity index (χ4n) is 2.21. The molecule has 1 fully saturated rings. The lowest BCUT2D eigenvalue weighted by atomic mass is 9.83. The van der Waals surface area contributed by atoms with Crippen LogP contribution < -0.4 is 4.74 Å². The first-order valence-electron chi connectivity index (χ1n) is 5.48. The van der Waals surface area contributed by atoms with Gasteiger partial charge in [-0.05, 0) is 40.6 Å². The number of nitrogens with zero attached hydrogens (tertiary/aromatic N) is 1. The van der Waals surface area contributed by atoms with Gasteiger partial charge in [-0.1, -0.05) is 31.1 Å². The SMILES string of the molecule is CC1CCCC(COc2nc(Br)cs2)C1. The van der Waals surface area contributed by atoms with Gasteiger partial charge in [0, 0.05) is 5.38 Å². The van der Waals surface area contributed by atoms with Gasteiger partial charge in [0.25, 0.3) is 5.19 Å². The highest BCUT2D eigenvalue weighted by atomic mass is 79.9. The minimum atomic E-state index is 0.733. The molecule has 1 aliphatic rings. The number of thiazole rings is 1. The minimum absolute atomic E-state index is 0.733. The van der Waals surface area contributed by atoms with Gasteiger partial charge >= 0.3 is 0 Å². The fourth-order valence-corrected chi connectivity index (χ4v) is 3.30. The number of ether oxygens (including phenoxy) is 1. The third-order valence-electron chi connectivity index (χ3n) is 2.94. The van der Waals surface area contributed by atoms with Gasteiger partial charge in [0.05, 0.1) is 6.61 Å². The van der Waals surface area contributed by atoms with Crippen molar-refractivity contribution in [2.24, 2.45) is 11.8 Å². The van der Waals surface area contributed by atoms with Crippen LogP contribution in [-0.4, -0.2) is 11.6 Å². The Bertz CT molecular complexity index is 315. The largest absolute Gasteiger partial charge is 0.470 e. The zero-order valence-electron chi connectivity index (χ0n) is 8.91. The molecule has 1 heterocycles. The molecule has 1 aromatic rings. The van der Waals surface area contributed by atoms with E-state index in [1.54, 1.807) is 11.3 Å².